The number of rotatable bonds is 2. The third kappa shape index (κ3) is 7.64. The van der Waals surface area contributed by atoms with Crippen molar-refractivity contribution in [2.75, 3.05) is 11.2 Å². The Morgan fingerprint density at radius 1 is 0.765 bits per heavy atom. The van der Waals surface area contributed by atoms with Crippen molar-refractivity contribution >= 4 is 46.2 Å². The summed E-state index contributed by atoms with van der Waals surface area (Å²) >= 11 is 16.9. The number of aromatic hydroxyl groups is 3. The summed E-state index contributed by atoms with van der Waals surface area (Å²) in [6.45, 7) is 3.91. The summed E-state index contributed by atoms with van der Waals surface area (Å²) in [5.74, 6) is 5.28. The summed E-state index contributed by atoms with van der Waals surface area (Å²) < 4.78 is 1.79. The van der Waals surface area contributed by atoms with Gasteiger partial charge in [-0.05, 0) is 74.5 Å². The number of hydrazine groups is 1. The Balaban J connectivity index is 0.000000189. The Morgan fingerprint density at radius 2 is 1.29 bits per heavy atom. The summed E-state index contributed by atoms with van der Waals surface area (Å²) in [5.41, 5.74) is 11.8. The zero-order valence-corrected chi connectivity index (χ0v) is 20.6. The van der Waals surface area contributed by atoms with Crippen LogP contribution in [0.25, 0.3) is 5.69 Å². The lowest BCUT2D eigenvalue weighted by molar-refractivity contribution is 0.475. The Morgan fingerprint density at radius 3 is 1.74 bits per heavy atom. The number of halogens is 3. The molecule has 0 aliphatic rings. The quantitative estimate of drug-likeness (QED) is 0.0841. The molecule has 0 fully saturated rings. The highest BCUT2D eigenvalue weighted by Gasteiger charge is 2.06. The van der Waals surface area contributed by atoms with Gasteiger partial charge in [0.15, 0.2) is 0 Å². The molecule has 0 amide bonds. The number of nitrogen functional groups attached to an aromatic ring is 2. The van der Waals surface area contributed by atoms with Crippen molar-refractivity contribution in [3.63, 3.8) is 0 Å². The zero-order valence-electron chi connectivity index (χ0n) is 18.3. The molecule has 0 saturated carbocycles. The van der Waals surface area contributed by atoms with Crippen LogP contribution in [0.4, 0.5) is 11.4 Å². The first-order chi connectivity index (χ1) is 16.0. The van der Waals surface area contributed by atoms with Crippen LogP contribution in [0.2, 0.25) is 15.1 Å². The number of nitrogens with two attached hydrogens (primary N) is 2. The van der Waals surface area contributed by atoms with E-state index in [1.54, 1.807) is 35.0 Å². The van der Waals surface area contributed by atoms with E-state index < -0.39 is 0 Å². The SMILES string of the molecule is Cc1cc(C)n(-c2ccc(O)c(Cl)c2)n1.NNc1ccc(O)c(Cl)c1.Nc1ccc(O)c(Cl)c1. The third-order valence-electron chi connectivity index (χ3n) is 4.27. The number of nitrogens with one attached hydrogen (secondary N) is 1. The molecule has 0 radical (unpaired) electrons. The molecule has 0 saturated heterocycles. The molecule has 0 unspecified atom stereocenters. The van der Waals surface area contributed by atoms with Gasteiger partial charge in [0.25, 0.3) is 0 Å². The number of aryl methyl sites for hydroxylation is 2. The molecule has 34 heavy (non-hydrogen) atoms. The van der Waals surface area contributed by atoms with E-state index in [4.69, 9.17) is 56.6 Å². The van der Waals surface area contributed by atoms with E-state index >= 15 is 0 Å². The van der Waals surface area contributed by atoms with Crippen LogP contribution in [0.5, 0.6) is 17.2 Å². The lowest BCUT2D eigenvalue weighted by Crippen LogP contribution is -2.05. The van der Waals surface area contributed by atoms with E-state index in [9.17, 15) is 5.11 Å². The summed E-state index contributed by atoms with van der Waals surface area (Å²) in [4.78, 5) is 0. The molecule has 0 atom stereocenters. The van der Waals surface area contributed by atoms with Crippen molar-refractivity contribution in [2.24, 2.45) is 5.84 Å². The van der Waals surface area contributed by atoms with Gasteiger partial charge >= 0.3 is 0 Å². The third-order valence-corrected chi connectivity index (χ3v) is 5.18. The Labute approximate surface area is 211 Å². The van der Waals surface area contributed by atoms with Crippen molar-refractivity contribution in [3.05, 3.63) is 87.1 Å². The van der Waals surface area contributed by atoms with E-state index in [-0.39, 0.29) is 27.3 Å². The largest absolute Gasteiger partial charge is 0.506 e. The van der Waals surface area contributed by atoms with Gasteiger partial charge in [0.05, 0.1) is 32.1 Å². The number of hydrogen-bond acceptors (Lipinski definition) is 7. The van der Waals surface area contributed by atoms with Crippen molar-refractivity contribution in [3.8, 4) is 22.9 Å². The maximum Gasteiger partial charge on any atom is 0.134 e. The van der Waals surface area contributed by atoms with Gasteiger partial charge in [-0.3, -0.25) is 5.84 Å². The predicted octanol–water partition coefficient (Wildman–Crippen LogP) is 5.81. The van der Waals surface area contributed by atoms with Crippen molar-refractivity contribution in [2.45, 2.75) is 13.8 Å². The van der Waals surface area contributed by atoms with Crippen molar-refractivity contribution < 1.29 is 15.3 Å². The molecule has 8 N–H and O–H groups in total. The fraction of sp³-hybridized carbons (Fsp3) is 0.0870. The van der Waals surface area contributed by atoms with E-state index in [0.717, 1.165) is 17.1 Å². The maximum absolute atomic E-state index is 9.30. The number of anilines is 2. The molecule has 0 aliphatic heterocycles. The highest BCUT2D eigenvalue weighted by molar-refractivity contribution is 6.32. The van der Waals surface area contributed by atoms with Crippen LogP contribution in [0.3, 0.4) is 0 Å². The maximum atomic E-state index is 9.30. The molecule has 180 valence electrons. The van der Waals surface area contributed by atoms with Crippen molar-refractivity contribution in [1.82, 2.24) is 9.78 Å². The van der Waals surface area contributed by atoms with Gasteiger partial charge in [-0.1, -0.05) is 34.8 Å². The van der Waals surface area contributed by atoms with E-state index in [1.807, 2.05) is 19.9 Å². The molecular weight excluding hydrogens is 501 g/mol. The number of hydrogen-bond donors (Lipinski definition) is 6. The first-order valence-electron chi connectivity index (χ1n) is 9.73. The molecule has 4 rings (SSSR count). The second-order valence-corrected chi connectivity index (χ2v) is 8.22. The Kier molecular flexibility index (Phi) is 9.70. The summed E-state index contributed by atoms with van der Waals surface area (Å²) in [6, 6.07) is 16.2. The number of phenolic OH excluding ortho intramolecular Hbond substituents is 3. The number of phenols is 3. The summed E-state index contributed by atoms with van der Waals surface area (Å²) in [7, 11) is 0. The Hall–Kier alpha value is -3.30. The minimum absolute atomic E-state index is 0.0562. The molecular formula is C23H24Cl3N5O3. The van der Waals surface area contributed by atoms with E-state index in [2.05, 4.69) is 10.5 Å². The van der Waals surface area contributed by atoms with Gasteiger partial charge < -0.3 is 26.5 Å². The van der Waals surface area contributed by atoms with Gasteiger partial charge in [0.1, 0.15) is 17.2 Å². The first-order valence-corrected chi connectivity index (χ1v) is 10.9. The summed E-state index contributed by atoms with van der Waals surface area (Å²) in [6.07, 6.45) is 0. The average molecular weight is 525 g/mol. The van der Waals surface area contributed by atoms with Gasteiger partial charge in [0.2, 0.25) is 0 Å². The second kappa shape index (κ2) is 12.2. The van der Waals surface area contributed by atoms with Crippen LogP contribution in [-0.2, 0) is 0 Å². The molecule has 0 bridgehead atoms. The number of aromatic nitrogens is 2. The van der Waals surface area contributed by atoms with Crippen LogP contribution in [0.15, 0.2) is 60.7 Å². The minimum atomic E-state index is 0.0562. The molecule has 1 heterocycles. The van der Waals surface area contributed by atoms with Crippen molar-refractivity contribution in [1.29, 1.82) is 0 Å². The van der Waals surface area contributed by atoms with Gasteiger partial charge in [-0.25, -0.2) is 4.68 Å². The molecule has 8 nitrogen and oxygen atoms in total. The monoisotopic (exact) mass is 523 g/mol. The van der Waals surface area contributed by atoms with Gasteiger partial charge in [0, 0.05) is 11.4 Å². The molecule has 4 aromatic rings. The van der Waals surface area contributed by atoms with Crippen LogP contribution < -0.4 is 17.0 Å². The van der Waals surface area contributed by atoms with Gasteiger partial charge in [-0.2, -0.15) is 5.10 Å². The molecule has 0 spiro atoms. The smallest absolute Gasteiger partial charge is 0.134 e. The highest BCUT2D eigenvalue weighted by Crippen LogP contribution is 2.27. The highest BCUT2D eigenvalue weighted by atomic mass is 35.5. The second-order valence-electron chi connectivity index (χ2n) is 7.00. The van der Waals surface area contributed by atoms with Crippen LogP contribution >= 0.6 is 34.8 Å². The topological polar surface area (TPSA) is 143 Å². The molecule has 1 aromatic heterocycles. The zero-order chi connectivity index (χ0) is 25.4. The Bertz CT molecular complexity index is 1260. The van der Waals surface area contributed by atoms with Crippen LogP contribution in [-0.4, -0.2) is 25.1 Å². The number of nitrogens with zero attached hydrogens (tertiary/aromatic N) is 2. The molecule has 11 heteroatoms. The molecule has 3 aromatic carbocycles. The first kappa shape index (κ1) is 26.9. The minimum Gasteiger partial charge on any atom is -0.506 e. The fourth-order valence-corrected chi connectivity index (χ4v) is 3.18. The fourth-order valence-electron chi connectivity index (χ4n) is 2.64. The van der Waals surface area contributed by atoms with E-state index in [0.29, 0.717) is 16.4 Å². The predicted molar refractivity (Wildman–Crippen MR) is 138 cm³/mol. The number of benzene rings is 3. The van der Waals surface area contributed by atoms with Crippen LogP contribution in [0.1, 0.15) is 11.4 Å². The van der Waals surface area contributed by atoms with Crippen LogP contribution in [0, 0.1) is 13.8 Å². The standard InChI is InChI=1S/C11H11ClN2O.C6H7ClN2O.C6H6ClNO/c1-7-5-8(2)14(13-7)9-3-4-11(15)10(12)6-9;7-5-3-4(9-8)1-2-6(5)10;7-5-3-4(8)1-2-6(5)9/h3-6,15H,1-2H3;1-3,9-10H,8H2;1-3,9H,8H2. The summed E-state index contributed by atoms with van der Waals surface area (Å²) in [5, 5.41) is 32.3. The lowest BCUT2D eigenvalue weighted by atomic mass is 10.3. The van der Waals surface area contributed by atoms with E-state index in [1.165, 1.54) is 24.3 Å². The normalized spacial score (nSPS) is 9.94. The average Bonchev–Trinajstić information content (AvgIpc) is 3.13. The lowest BCUT2D eigenvalue weighted by Gasteiger charge is -2.05. The van der Waals surface area contributed by atoms with Gasteiger partial charge in [-0.15, -0.1) is 0 Å². The molecule has 0 aliphatic carbocycles.